The van der Waals surface area contributed by atoms with Gasteiger partial charge in [0.2, 0.25) is 5.82 Å². The maximum absolute atomic E-state index is 10.7. The van der Waals surface area contributed by atoms with E-state index < -0.39 is 4.92 Å². The summed E-state index contributed by atoms with van der Waals surface area (Å²) in [6, 6.07) is 3.49. The summed E-state index contributed by atoms with van der Waals surface area (Å²) in [7, 11) is 0. The number of nitriles is 1. The van der Waals surface area contributed by atoms with Crippen LogP contribution in [0.1, 0.15) is 12.5 Å². The van der Waals surface area contributed by atoms with Crippen LogP contribution < -0.4 is 5.32 Å². The molecule has 0 aliphatic rings. The highest BCUT2D eigenvalue weighted by atomic mass is 16.6. The Hall–Kier alpha value is -2.16. The number of aromatic nitrogens is 1. The number of hydrogen-bond acceptors (Lipinski definition) is 5. The van der Waals surface area contributed by atoms with Crippen molar-refractivity contribution in [2.75, 3.05) is 11.9 Å². The lowest BCUT2D eigenvalue weighted by Gasteiger charge is -2.07. The Kier molecular flexibility index (Phi) is 3.78. The summed E-state index contributed by atoms with van der Waals surface area (Å²) in [6.07, 6.45) is 1.55. The molecule has 1 aromatic rings. The molecular weight excluding hydrogens is 208 g/mol. The highest BCUT2D eigenvalue weighted by Crippen LogP contribution is 2.22. The third-order valence-corrected chi connectivity index (χ3v) is 2.00. The van der Waals surface area contributed by atoms with E-state index in [2.05, 4.69) is 10.3 Å². The zero-order valence-corrected chi connectivity index (χ0v) is 9.10. The highest BCUT2D eigenvalue weighted by molar-refractivity contribution is 5.56. The molecule has 1 heterocycles. The van der Waals surface area contributed by atoms with Crippen molar-refractivity contribution in [1.82, 2.24) is 4.98 Å². The van der Waals surface area contributed by atoms with Gasteiger partial charge in [-0.2, -0.15) is 5.26 Å². The molecule has 1 atom stereocenters. The average molecular weight is 220 g/mol. The normalized spacial score (nSPS) is 11.6. The summed E-state index contributed by atoms with van der Waals surface area (Å²) in [5.74, 6) is -0.0135. The Morgan fingerprint density at radius 2 is 2.44 bits per heavy atom. The first kappa shape index (κ1) is 11.9. The number of nitrogens with one attached hydrogen (secondary N) is 1. The van der Waals surface area contributed by atoms with Gasteiger partial charge < -0.3 is 5.32 Å². The Balaban J connectivity index is 2.88. The molecule has 0 aliphatic carbocycles. The molecule has 0 bridgehead atoms. The second-order valence-electron chi connectivity index (χ2n) is 3.55. The van der Waals surface area contributed by atoms with Crippen molar-refractivity contribution < 1.29 is 4.92 Å². The van der Waals surface area contributed by atoms with Crippen molar-refractivity contribution in [2.45, 2.75) is 13.8 Å². The first-order valence-electron chi connectivity index (χ1n) is 4.79. The molecule has 16 heavy (non-hydrogen) atoms. The molecule has 0 unspecified atom stereocenters. The lowest BCUT2D eigenvalue weighted by molar-refractivity contribution is -0.384. The van der Waals surface area contributed by atoms with Gasteiger partial charge in [-0.25, -0.2) is 4.98 Å². The van der Waals surface area contributed by atoms with E-state index in [1.54, 1.807) is 20.0 Å². The number of nitrogens with zero attached hydrogens (tertiary/aromatic N) is 3. The first-order valence-corrected chi connectivity index (χ1v) is 4.79. The number of aryl methyl sites for hydroxylation is 1. The van der Waals surface area contributed by atoms with E-state index in [0.717, 1.165) is 5.56 Å². The van der Waals surface area contributed by atoms with Crippen LogP contribution in [0.25, 0.3) is 0 Å². The molecule has 0 radical (unpaired) electrons. The van der Waals surface area contributed by atoms with E-state index in [0.29, 0.717) is 6.54 Å². The zero-order chi connectivity index (χ0) is 12.1. The summed E-state index contributed by atoms with van der Waals surface area (Å²) in [5.41, 5.74) is 0.663. The third kappa shape index (κ3) is 2.92. The molecule has 0 aromatic carbocycles. The molecule has 0 saturated heterocycles. The van der Waals surface area contributed by atoms with Crippen LogP contribution in [0.4, 0.5) is 11.5 Å². The standard InChI is InChI=1S/C10H12N4O2/c1-7-3-9(14(15)16)10(12-5-7)13-6-8(2)4-11/h3,5,8H,6H2,1-2H3,(H,12,13)/t8-/m0/s1. The largest absolute Gasteiger partial charge is 0.363 e. The lowest BCUT2D eigenvalue weighted by atomic mass is 10.2. The number of hydrogen-bond donors (Lipinski definition) is 1. The molecule has 1 rings (SSSR count). The molecule has 0 saturated carbocycles. The lowest BCUT2D eigenvalue weighted by Crippen LogP contribution is -2.12. The van der Waals surface area contributed by atoms with Gasteiger partial charge in [-0.3, -0.25) is 10.1 Å². The van der Waals surface area contributed by atoms with Gasteiger partial charge in [0, 0.05) is 18.8 Å². The molecule has 6 nitrogen and oxygen atoms in total. The maximum atomic E-state index is 10.7. The Labute approximate surface area is 93.1 Å². The topological polar surface area (TPSA) is 91.8 Å². The molecule has 84 valence electrons. The molecule has 6 heteroatoms. The van der Waals surface area contributed by atoms with Crippen molar-refractivity contribution in [3.8, 4) is 6.07 Å². The van der Waals surface area contributed by atoms with Crippen molar-refractivity contribution >= 4 is 11.5 Å². The Bertz CT molecular complexity index is 439. The molecular formula is C10H12N4O2. The maximum Gasteiger partial charge on any atom is 0.311 e. The second-order valence-corrected chi connectivity index (χ2v) is 3.55. The quantitative estimate of drug-likeness (QED) is 0.617. The van der Waals surface area contributed by atoms with E-state index in [-0.39, 0.29) is 17.4 Å². The second kappa shape index (κ2) is 5.07. The summed E-state index contributed by atoms with van der Waals surface area (Å²) in [5, 5.41) is 22.1. The molecule has 0 aliphatic heterocycles. The predicted molar refractivity (Wildman–Crippen MR) is 58.9 cm³/mol. The van der Waals surface area contributed by atoms with Gasteiger partial charge in [0.1, 0.15) is 0 Å². The molecule has 1 N–H and O–H groups in total. The molecule has 0 spiro atoms. The van der Waals surface area contributed by atoms with Gasteiger partial charge in [-0.05, 0) is 19.4 Å². The van der Waals surface area contributed by atoms with Crippen LogP contribution in [-0.2, 0) is 0 Å². The minimum Gasteiger partial charge on any atom is -0.363 e. The number of anilines is 1. The summed E-state index contributed by atoms with van der Waals surface area (Å²) >= 11 is 0. The number of nitro groups is 1. The van der Waals surface area contributed by atoms with Gasteiger partial charge in [0.25, 0.3) is 0 Å². The van der Waals surface area contributed by atoms with Crippen LogP contribution in [0.5, 0.6) is 0 Å². The van der Waals surface area contributed by atoms with Crippen LogP contribution in [0.15, 0.2) is 12.3 Å². The molecule has 0 fully saturated rings. The smallest absolute Gasteiger partial charge is 0.311 e. The van der Waals surface area contributed by atoms with Crippen LogP contribution in [0.2, 0.25) is 0 Å². The third-order valence-electron chi connectivity index (χ3n) is 2.00. The van der Waals surface area contributed by atoms with Gasteiger partial charge in [-0.15, -0.1) is 0 Å². The van der Waals surface area contributed by atoms with Gasteiger partial charge in [0.05, 0.1) is 16.9 Å². The summed E-state index contributed by atoms with van der Waals surface area (Å²) in [6.45, 7) is 3.81. The first-order chi connectivity index (χ1) is 7.54. The van der Waals surface area contributed by atoms with E-state index in [1.165, 1.54) is 6.07 Å². The van der Waals surface area contributed by atoms with Gasteiger partial charge in [-0.1, -0.05) is 0 Å². The fraction of sp³-hybridized carbons (Fsp3) is 0.400. The number of pyridine rings is 1. The van der Waals surface area contributed by atoms with E-state index in [1.807, 2.05) is 6.07 Å². The van der Waals surface area contributed by atoms with Gasteiger partial charge >= 0.3 is 5.69 Å². The predicted octanol–water partition coefficient (Wildman–Crippen LogP) is 1.87. The van der Waals surface area contributed by atoms with Crippen molar-refractivity contribution in [3.05, 3.63) is 27.9 Å². The van der Waals surface area contributed by atoms with Crippen LogP contribution >= 0.6 is 0 Å². The van der Waals surface area contributed by atoms with Crippen molar-refractivity contribution in [2.24, 2.45) is 5.92 Å². The molecule has 0 amide bonds. The molecule has 1 aromatic heterocycles. The summed E-state index contributed by atoms with van der Waals surface area (Å²) in [4.78, 5) is 14.2. The van der Waals surface area contributed by atoms with Crippen LogP contribution in [0.3, 0.4) is 0 Å². The fourth-order valence-electron chi connectivity index (χ4n) is 1.12. The fourth-order valence-corrected chi connectivity index (χ4v) is 1.12. The monoisotopic (exact) mass is 220 g/mol. The van der Waals surface area contributed by atoms with Crippen LogP contribution in [0, 0.1) is 34.3 Å². The van der Waals surface area contributed by atoms with Crippen molar-refractivity contribution in [1.29, 1.82) is 5.26 Å². The average Bonchev–Trinajstić information content (AvgIpc) is 2.26. The zero-order valence-electron chi connectivity index (χ0n) is 9.10. The van der Waals surface area contributed by atoms with Gasteiger partial charge in [0.15, 0.2) is 0 Å². The Morgan fingerprint density at radius 1 is 1.75 bits per heavy atom. The SMILES string of the molecule is Cc1cnc(NC[C@@H](C)C#N)c([N+](=O)[O-])c1. The highest BCUT2D eigenvalue weighted by Gasteiger charge is 2.15. The van der Waals surface area contributed by atoms with Crippen molar-refractivity contribution in [3.63, 3.8) is 0 Å². The minimum atomic E-state index is -0.487. The summed E-state index contributed by atoms with van der Waals surface area (Å²) < 4.78 is 0. The van der Waals surface area contributed by atoms with E-state index in [9.17, 15) is 10.1 Å². The van der Waals surface area contributed by atoms with E-state index in [4.69, 9.17) is 5.26 Å². The minimum absolute atomic E-state index is 0.0647. The van der Waals surface area contributed by atoms with Crippen LogP contribution in [-0.4, -0.2) is 16.5 Å². The number of rotatable bonds is 4. The Morgan fingerprint density at radius 3 is 3.00 bits per heavy atom. The van der Waals surface area contributed by atoms with E-state index >= 15 is 0 Å².